The highest BCUT2D eigenvalue weighted by Crippen LogP contribution is 2.20. The topological polar surface area (TPSA) is 38.3 Å². The lowest BCUT2D eigenvalue weighted by Gasteiger charge is -2.12. The molecule has 21 heavy (non-hydrogen) atoms. The van der Waals surface area contributed by atoms with E-state index in [-0.39, 0.29) is 12.5 Å². The number of nitrogens with one attached hydrogen (secondary N) is 1. The van der Waals surface area contributed by atoms with Crippen LogP contribution < -0.4 is 10.1 Å². The summed E-state index contributed by atoms with van der Waals surface area (Å²) in [6.07, 6.45) is 0. The molecule has 0 saturated heterocycles. The second kappa shape index (κ2) is 6.44. The molecule has 0 bridgehead atoms. The normalized spacial score (nSPS) is 10.3. The Morgan fingerprint density at radius 3 is 2.24 bits per heavy atom. The fourth-order valence-corrected chi connectivity index (χ4v) is 2.14. The molecule has 0 radical (unpaired) electrons. The third-order valence-corrected chi connectivity index (χ3v) is 3.59. The summed E-state index contributed by atoms with van der Waals surface area (Å²) in [5.41, 5.74) is 5.33. The Bertz CT molecular complexity index is 642. The number of rotatable bonds is 4. The number of hydrogen-bond donors (Lipinski definition) is 1. The van der Waals surface area contributed by atoms with Gasteiger partial charge in [-0.2, -0.15) is 0 Å². The Labute approximate surface area is 126 Å². The number of carbonyl (C=O) groups is 1. The number of ether oxygens (including phenoxy) is 1. The maximum Gasteiger partial charge on any atom is 0.262 e. The smallest absolute Gasteiger partial charge is 0.262 e. The van der Waals surface area contributed by atoms with Crippen molar-refractivity contribution >= 4 is 11.6 Å². The summed E-state index contributed by atoms with van der Waals surface area (Å²) < 4.78 is 5.54. The molecule has 0 aliphatic carbocycles. The number of para-hydroxylation sites is 1. The highest BCUT2D eigenvalue weighted by atomic mass is 16.5. The van der Waals surface area contributed by atoms with Crippen molar-refractivity contribution in [2.45, 2.75) is 27.7 Å². The predicted molar refractivity (Wildman–Crippen MR) is 86.0 cm³/mol. The number of benzene rings is 2. The first-order valence-electron chi connectivity index (χ1n) is 7.03. The first kappa shape index (κ1) is 15.1. The van der Waals surface area contributed by atoms with E-state index in [1.165, 1.54) is 5.56 Å². The van der Waals surface area contributed by atoms with Crippen LogP contribution in [0.15, 0.2) is 36.4 Å². The summed E-state index contributed by atoms with van der Waals surface area (Å²) >= 11 is 0. The zero-order valence-electron chi connectivity index (χ0n) is 13.0. The molecule has 2 rings (SSSR count). The molecule has 0 aromatic heterocycles. The number of carbonyl (C=O) groups excluding carboxylic acids is 1. The van der Waals surface area contributed by atoms with Crippen molar-refractivity contribution in [1.82, 2.24) is 0 Å². The van der Waals surface area contributed by atoms with Crippen LogP contribution in [-0.2, 0) is 4.79 Å². The molecule has 3 heteroatoms. The van der Waals surface area contributed by atoms with E-state index in [2.05, 4.69) is 5.32 Å². The van der Waals surface area contributed by atoms with E-state index in [0.717, 1.165) is 28.1 Å². The zero-order chi connectivity index (χ0) is 15.4. The quantitative estimate of drug-likeness (QED) is 0.923. The van der Waals surface area contributed by atoms with E-state index < -0.39 is 0 Å². The fourth-order valence-electron chi connectivity index (χ4n) is 2.14. The number of amides is 1. The number of aryl methyl sites for hydroxylation is 4. The van der Waals surface area contributed by atoms with Crippen LogP contribution in [0, 0.1) is 27.7 Å². The van der Waals surface area contributed by atoms with Gasteiger partial charge in [0.25, 0.3) is 5.91 Å². The van der Waals surface area contributed by atoms with Crippen molar-refractivity contribution in [3.8, 4) is 5.75 Å². The van der Waals surface area contributed by atoms with Gasteiger partial charge < -0.3 is 10.1 Å². The third-order valence-electron chi connectivity index (χ3n) is 3.59. The Balaban J connectivity index is 1.97. The molecule has 1 amide bonds. The van der Waals surface area contributed by atoms with Crippen LogP contribution in [-0.4, -0.2) is 12.5 Å². The maximum absolute atomic E-state index is 12.0. The first-order valence-corrected chi connectivity index (χ1v) is 7.03. The predicted octanol–water partition coefficient (Wildman–Crippen LogP) is 3.94. The third kappa shape index (κ3) is 3.85. The molecule has 0 saturated carbocycles. The average molecular weight is 283 g/mol. The van der Waals surface area contributed by atoms with E-state index in [1.54, 1.807) is 0 Å². The van der Waals surface area contributed by atoms with Gasteiger partial charge >= 0.3 is 0 Å². The molecule has 0 fully saturated rings. The van der Waals surface area contributed by atoms with Crippen molar-refractivity contribution in [2.75, 3.05) is 11.9 Å². The van der Waals surface area contributed by atoms with Gasteiger partial charge in [-0.25, -0.2) is 0 Å². The van der Waals surface area contributed by atoms with Gasteiger partial charge in [0, 0.05) is 5.69 Å². The number of anilines is 1. The molecular formula is C18H21NO2. The lowest BCUT2D eigenvalue weighted by molar-refractivity contribution is -0.118. The molecule has 3 nitrogen and oxygen atoms in total. The minimum Gasteiger partial charge on any atom is -0.484 e. The van der Waals surface area contributed by atoms with E-state index in [4.69, 9.17) is 4.74 Å². The average Bonchev–Trinajstić information content (AvgIpc) is 2.44. The van der Waals surface area contributed by atoms with Crippen molar-refractivity contribution in [2.24, 2.45) is 0 Å². The fraction of sp³-hybridized carbons (Fsp3) is 0.278. The molecule has 0 atom stereocenters. The van der Waals surface area contributed by atoms with Gasteiger partial charge in [0.15, 0.2) is 6.61 Å². The van der Waals surface area contributed by atoms with Gasteiger partial charge in [0.2, 0.25) is 0 Å². The molecule has 0 aliphatic rings. The highest BCUT2D eigenvalue weighted by molar-refractivity contribution is 5.93. The van der Waals surface area contributed by atoms with Crippen LogP contribution in [0.3, 0.4) is 0 Å². The van der Waals surface area contributed by atoms with E-state index >= 15 is 0 Å². The maximum atomic E-state index is 12.0. The van der Waals surface area contributed by atoms with Crippen LogP contribution in [0.2, 0.25) is 0 Å². The van der Waals surface area contributed by atoms with Crippen LogP contribution >= 0.6 is 0 Å². The Kier molecular flexibility index (Phi) is 4.63. The van der Waals surface area contributed by atoms with Crippen LogP contribution in [0.4, 0.5) is 5.69 Å². The summed E-state index contributed by atoms with van der Waals surface area (Å²) in [5.74, 6) is 0.570. The lowest BCUT2D eigenvalue weighted by atomic mass is 10.1. The van der Waals surface area contributed by atoms with Crippen LogP contribution in [0.1, 0.15) is 22.3 Å². The Hall–Kier alpha value is -2.29. The Morgan fingerprint density at radius 1 is 0.952 bits per heavy atom. The van der Waals surface area contributed by atoms with Crippen molar-refractivity contribution in [3.63, 3.8) is 0 Å². The molecule has 2 aromatic carbocycles. The van der Waals surface area contributed by atoms with Gasteiger partial charge in [0.1, 0.15) is 5.75 Å². The minimum absolute atomic E-state index is 0.0102. The summed E-state index contributed by atoms with van der Waals surface area (Å²) in [5, 5.41) is 2.91. The van der Waals surface area contributed by atoms with E-state index in [9.17, 15) is 4.79 Å². The standard InChI is InChI=1S/C18H21NO2/c1-12-8-9-16(10-15(12)4)21-11-17(20)19-18-13(2)6-5-7-14(18)3/h5-10H,11H2,1-4H3,(H,19,20). The minimum atomic E-state index is -0.148. The molecular weight excluding hydrogens is 262 g/mol. The Morgan fingerprint density at radius 2 is 1.62 bits per heavy atom. The first-order chi connectivity index (χ1) is 9.97. The molecule has 2 aromatic rings. The summed E-state index contributed by atoms with van der Waals surface area (Å²) in [6, 6.07) is 11.8. The van der Waals surface area contributed by atoms with Gasteiger partial charge in [-0.1, -0.05) is 24.3 Å². The monoisotopic (exact) mass is 283 g/mol. The zero-order valence-corrected chi connectivity index (χ0v) is 13.0. The van der Waals surface area contributed by atoms with Gasteiger partial charge in [-0.3, -0.25) is 4.79 Å². The molecule has 0 unspecified atom stereocenters. The van der Waals surface area contributed by atoms with Crippen molar-refractivity contribution in [1.29, 1.82) is 0 Å². The summed E-state index contributed by atoms with van der Waals surface area (Å²) in [6.45, 7) is 8.04. The van der Waals surface area contributed by atoms with Gasteiger partial charge in [-0.05, 0) is 62.1 Å². The van der Waals surface area contributed by atoms with E-state index in [1.807, 2.05) is 64.1 Å². The largest absolute Gasteiger partial charge is 0.484 e. The van der Waals surface area contributed by atoms with E-state index in [0.29, 0.717) is 0 Å². The number of hydrogen-bond acceptors (Lipinski definition) is 2. The van der Waals surface area contributed by atoms with Gasteiger partial charge in [0.05, 0.1) is 0 Å². The van der Waals surface area contributed by atoms with Crippen LogP contribution in [0.25, 0.3) is 0 Å². The molecule has 0 spiro atoms. The molecule has 1 N–H and O–H groups in total. The summed E-state index contributed by atoms with van der Waals surface area (Å²) in [4.78, 5) is 12.0. The van der Waals surface area contributed by atoms with Crippen molar-refractivity contribution < 1.29 is 9.53 Å². The lowest BCUT2D eigenvalue weighted by Crippen LogP contribution is -2.21. The molecule has 0 aliphatic heterocycles. The second-order valence-electron chi connectivity index (χ2n) is 5.35. The van der Waals surface area contributed by atoms with Crippen LogP contribution in [0.5, 0.6) is 5.75 Å². The molecule has 110 valence electrons. The van der Waals surface area contributed by atoms with Crippen molar-refractivity contribution in [3.05, 3.63) is 58.7 Å². The second-order valence-corrected chi connectivity index (χ2v) is 5.35. The SMILES string of the molecule is Cc1ccc(OCC(=O)Nc2c(C)cccc2C)cc1C. The van der Waals surface area contributed by atoms with Gasteiger partial charge in [-0.15, -0.1) is 0 Å². The summed E-state index contributed by atoms with van der Waals surface area (Å²) in [7, 11) is 0. The highest BCUT2D eigenvalue weighted by Gasteiger charge is 2.08. The molecule has 0 heterocycles.